The van der Waals surface area contributed by atoms with Crippen LogP contribution in [0.4, 0.5) is 0 Å². The summed E-state index contributed by atoms with van der Waals surface area (Å²) >= 11 is 0. The van der Waals surface area contributed by atoms with Gasteiger partial charge in [0.25, 0.3) is 0 Å². The maximum Gasteiger partial charge on any atom is 0.119 e. The van der Waals surface area contributed by atoms with Gasteiger partial charge in [-0.2, -0.15) is 0 Å². The van der Waals surface area contributed by atoms with Gasteiger partial charge in [-0.05, 0) is 48.4 Å². The molecule has 1 aliphatic heterocycles. The minimum absolute atomic E-state index is 0.117. The Hall–Kier alpha value is -1.46. The summed E-state index contributed by atoms with van der Waals surface area (Å²) in [5.74, 6) is 3.60. The molecule has 1 aliphatic rings. The summed E-state index contributed by atoms with van der Waals surface area (Å²) in [7, 11) is 0. The van der Waals surface area contributed by atoms with E-state index >= 15 is 0 Å². The Morgan fingerprint density at radius 1 is 1.28 bits per heavy atom. The van der Waals surface area contributed by atoms with Gasteiger partial charge in [-0.25, -0.2) is 0 Å². The van der Waals surface area contributed by atoms with Crippen LogP contribution in [0.3, 0.4) is 0 Å². The minimum Gasteiger partial charge on any atom is -0.508 e. The van der Waals surface area contributed by atoms with Crippen molar-refractivity contribution >= 4 is 0 Å². The van der Waals surface area contributed by atoms with Gasteiger partial charge >= 0.3 is 0 Å². The molecule has 138 valence electrons. The normalized spacial score (nSPS) is 18.9. The number of aromatic hydroxyl groups is 1. The van der Waals surface area contributed by atoms with Crippen molar-refractivity contribution in [2.24, 2.45) is 0 Å². The van der Waals surface area contributed by atoms with Crippen molar-refractivity contribution < 1.29 is 5.11 Å². The summed E-state index contributed by atoms with van der Waals surface area (Å²) in [5.41, 5.74) is 2.46. The molecule has 2 heteroatoms. The Labute approximate surface area is 154 Å². The summed E-state index contributed by atoms with van der Waals surface area (Å²) in [6.07, 6.45) is 14.1. The number of phenols is 1. The van der Waals surface area contributed by atoms with Crippen LogP contribution in [0, 0.1) is 12.3 Å². The van der Waals surface area contributed by atoms with Gasteiger partial charge in [-0.3, -0.25) is 4.90 Å². The van der Waals surface area contributed by atoms with Gasteiger partial charge in [0.05, 0.1) is 6.54 Å². The number of likely N-dealkylation sites (tertiary alicyclic amines) is 1. The fraction of sp³-hybridized carbons (Fsp3) is 0.652. The molecule has 0 amide bonds. The molecular formula is C23H35NO. The van der Waals surface area contributed by atoms with Crippen molar-refractivity contribution in [1.82, 2.24) is 4.90 Å². The van der Waals surface area contributed by atoms with Crippen LogP contribution in [0.5, 0.6) is 5.75 Å². The van der Waals surface area contributed by atoms with Gasteiger partial charge in [0.2, 0.25) is 0 Å². The quantitative estimate of drug-likeness (QED) is 0.502. The number of unbranched alkanes of at least 4 members (excludes halogenated alkanes) is 3. The molecule has 1 unspecified atom stereocenters. The second kappa shape index (κ2) is 9.30. The van der Waals surface area contributed by atoms with Gasteiger partial charge < -0.3 is 5.11 Å². The second-order valence-corrected chi connectivity index (χ2v) is 8.25. The largest absolute Gasteiger partial charge is 0.508 e. The van der Waals surface area contributed by atoms with Crippen molar-refractivity contribution in [1.29, 1.82) is 0 Å². The van der Waals surface area contributed by atoms with E-state index < -0.39 is 0 Å². The predicted octanol–water partition coefficient (Wildman–Crippen LogP) is 5.45. The molecular weight excluding hydrogens is 306 g/mol. The first kappa shape index (κ1) is 19.9. The molecule has 1 saturated heterocycles. The molecule has 0 aromatic heterocycles. The number of benzene rings is 1. The Morgan fingerprint density at radius 3 is 2.76 bits per heavy atom. The van der Waals surface area contributed by atoms with Crippen molar-refractivity contribution in [2.75, 3.05) is 19.6 Å². The van der Waals surface area contributed by atoms with Crippen LogP contribution in [-0.2, 0) is 5.41 Å². The number of piperidine rings is 1. The van der Waals surface area contributed by atoms with E-state index in [-0.39, 0.29) is 5.41 Å². The molecule has 1 N–H and O–H groups in total. The van der Waals surface area contributed by atoms with E-state index in [1.54, 1.807) is 0 Å². The first-order valence-electron chi connectivity index (χ1n) is 9.97. The lowest BCUT2D eigenvalue weighted by atomic mass is 9.78. The van der Waals surface area contributed by atoms with Gasteiger partial charge in [0, 0.05) is 12.5 Å². The van der Waals surface area contributed by atoms with E-state index in [2.05, 4.69) is 43.7 Å². The lowest BCUT2D eigenvalue weighted by Crippen LogP contribution is -2.34. The van der Waals surface area contributed by atoms with Crippen LogP contribution in [0.25, 0.3) is 0 Å². The molecule has 1 aromatic rings. The highest BCUT2D eigenvalue weighted by Gasteiger charge is 2.25. The molecule has 1 aromatic carbocycles. The zero-order valence-corrected chi connectivity index (χ0v) is 16.4. The molecule has 1 fully saturated rings. The maximum atomic E-state index is 10.7. The number of rotatable bonds is 8. The summed E-state index contributed by atoms with van der Waals surface area (Å²) in [6, 6.07) is 6.40. The first-order valence-corrected chi connectivity index (χ1v) is 9.97. The highest BCUT2D eigenvalue weighted by molar-refractivity contribution is 5.41. The van der Waals surface area contributed by atoms with Gasteiger partial charge in [0.1, 0.15) is 5.75 Å². The number of nitrogens with zero attached hydrogens (tertiary/aromatic N) is 1. The third kappa shape index (κ3) is 5.51. The van der Waals surface area contributed by atoms with Crippen molar-refractivity contribution in [2.45, 2.75) is 77.0 Å². The molecule has 2 nitrogen and oxygen atoms in total. The van der Waals surface area contributed by atoms with Crippen molar-refractivity contribution in [3.8, 4) is 18.1 Å². The van der Waals surface area contributed by atoms with E-state index in [4.69, 9.17) is 6.42 Å². The SMILES string of the molecule is C#CCN1CCCC(c2ccc(C(C)(C)CCCCCC)cc2O)C1. The number of terminal acetylenes is 1. The zero-order chi connectivity index (χ0) is 18.3. The maximum absolute atomic E-state index is 10.7. The Kier molecular flexibility index (Phi) is 7.38. The van der Waals surface area contributed by atoms with Crippen LogP contribution < -0.4 is 0 Å². The van der Waals surface area contributed by atoms with Gasteiger partial charge in [-0.1, -0.05) is 64.5 Å². The molecule has 0 aliphatic carbocycles. The van der Waals surface area contributed by atoms with E-state index in [1.165, 1.54) is 37.7 Å². The lowest BCUT2D eigenvalue weighted by molar-refractivity contribution is 0.229. The Balaban J connectivity index is 2.05. The van der Waals surface area contributed by atoms with Crippen LogP contribution in [0.15, 0.2) is 18.2 Å². The van der Waals surface area contributed by atoms with E-state index in [1.807, 2.05) is 6.07 Å². The highest BCUT2D eigenvalue weighted by Crippen LogP contribution is 2.37. The fourth-order valence-corrected chi connectivity index (χ4v) is 4.03. The standard InChI is InChI=1S/C23H35NO/c1-5-7-8-9-14-23(3,4)20-12-13-21(22(25)17-20)19-11-10-16-24(18-19)15-6-2/h2,12-13,17,19,25H,5,7-11,14-16,18H2,1,3-4H3. The molecule has 0 spiro atoms. The minimum atomic E-state index is 0.117. The number of phenolic OH excluding ortho intramolecular Hbond substituents is 1. The van der Waals surface area contributed by atoms with Gasteiger partial charge in [-0.15, -0.1) is 6.42 Å². The average Bonchev–Trinajstić information content (AvgIpc) is 2.59. The van der Waals surface area contributed by atoms with Crippen LogP contribution in [0.2, 0.25) is 0 Å². The monoisotopic (exact) mass is 341 g/mol. The van der Waals surface area contributed by atoms with E-state index in [0.29, 0.717) is 18.2 Å². The van der Waals surface area contributed by atoms with Crippen LogP contribution >= 0.6 is 0 Å². The van der Waals surface area contributed by atoms with Crippen LogP contribution in [0.1, 0.15) is 82.8 Å². The Morgan fingerprint density at radius 2 is 2.08 bits per heavy atom. The van der Waals surface area contributed by atoms with Gasteiger partial charge in [0.15, 0.2) is 0 Å². The molecule has 1 atom stereocenters. The highest BCUT2D eigenvalue weighted by atomic mass is 16.3. The molecule has 2 rings (SSSR count). The van der Waals surface area contributed by atoms with Crippen molar-refractivity contribution in [3.05, 3.63) is 29.3 Å². The predicted molar refractivity (Wildman–Crippen MR) is 107 cm³/mol. The Bertz CT molecular complexity index is 584. The molecule has 25 heavy (non-hydrogen) atoms. The smallest absolute Gasteiger partial charge is 0.119 e. The average molecular weight is 342 g/mol. The summed E-state index contributed by atoms with van der Waals surface area (Å²) in [4.78, 5) is 2.32. The van der Waals surface area contributed by atoms with Crippen molar-refractivity contribution in [3.63, 3.8) is 0 Å². The van der Waals surface area contributed by atoms with E-state index in [0.717, 1.165) is 31.5 Å². The summed E-state index contributed by atoms with van der Waals surface area (Å²) < 4.78 is 0. The molecule has 1 heterocycles. The third-order valence-corrected chi connectivity index (χ3v) is 5.73. The third-order valence-electron chi connectivity index (χ3n) is 5.73. The summed E-state index contributed by atoms with van der Waals surface area (Å²) in [6.45, 7) is 9.57. The van der Waals surface area contributed by atoms with E-state index in [9.17, 15) is 5.11 Å². The lowest BCUT2D eigenvalue weighted by Gasteiger charge is -2.32. The molecule has 0 saturated carbocycles. The fourth-order valence-electron chi connectivity index (χ4n) is 4.03. The summed E-state index contributed by atoms with van der Waals surface area (Å²) in [5, 5.41) is 10.7. The molecule has 0 radical (unpaired) electrons. The molecule has 0 bridgehead atoms. The number of hydrogen-bond donors (Lipinski definition) is 1. The topological polar surface area (TPSA) is 23.5 Å². The second-order valence-electron chi connectivity index (χ2n) is 8.25. The number of hydrogen-bond acceptors (Lipinski definition) is 2. The van der Waals surface area contributed by atoms with Crippen LogP contribution in [-0.4, -0.2) is 29.6 Å². The first-order chi connectivity index (χ1) is 12.0. The zero-order valence-electron chi connectivity index (χ0n) is 16.4.